The van der Waals surface area contributed by atoms with Crippen molar-refractivity contribution >= 4 is 47.0 Å². The summed E-state index contributed by atoms with van der Waals surface area (Å²) in [6.45, 7) is 1.43. The summed E-state index contributed by atoms with van der Waals surface area (Å²) in [5, 5.41) is 2.00. The minimum atomic E-state index is -0.211. The summed E-state index contributed by atoms with van der Waals surface area (Å²) in [6.07, 6.45) is 3.51. The van der Waals surface area contributed by atoms with Crippen LogP contribution < -0.4 is 0 Å². The van der Waals surface area contributed by atoms with Crippen LogP contribution in [0.1, 0.15) is 18.4 Å². The largest absolute Gasteiger partial charge is 0.340 e. The van der Waals surface area contributed by atoms with Gasteiger partial charge in [-0.1, -0.05) is 29.3 Å². The van der Waals surface area contributed by atoms with Crippen LogP contribution in [0.4, 0.5) is 0 Å². The van der Waals surface area contributed by atoms with Crippen LogP contribution in [-0.2, 0) is 19.2 Å². The molecule has 3 amide bonds. The zero-order valence-corrected chi connectivity index (χ0v) is 17.4. The summed E-state index contributed by atoms with van der Waals surface area (Å²) in [7, 11) is 2.93. The van der Waals surface area contributed by atoms with E-state index in [1.165, 1.54) is 20.2 Å². The summed E-state index contributed by atoms with van der Waals surface area (Å²) in [6, 6.07) is 5.11. The number of halogens is 2. The third kappa shape index (κ3) is 6.22. The Kier molecular flexibility index (Phi) is 8.29. The molecule has 1 aliphatic rings. The van der Waals surface area contributed by atoms with Crippen molar-refractivity contribution in [1.29, 1.82) is 0 Å². The highest BCUT2D eigenvalue weighted by Crippen LogP contribution is 2.23. The fourth-order valence-electron chi connectivity index (χ4n) is 2.70. The van der Waals surface area contributed by atoms with Gasteiger partial charge in [-0.2, -0.15) is 0 Å². The van der Waals surface area contributed by atoms with E-state index in [0.29, 0.717) is 36.2 Å². The van der Waals surface area contributed by atoms with Gasteiger partial charge in [0, 0.05) is 52.1 Å². The Balaban J connectivity index is 1.91. The monoisotopic (exact) mass is 427 g/mol. The lowest BCUT2D eigenvalue weighted by Crippen LogP contribution is -2.37. The summed E-state index contributed by atoms with van der Waals surface area (Å²) < 4.78 is 0. The van der Waals surface area contributed by atoms with Gasteiger partial charge in [-0.3, -0.25) is 19.2 Å². The van der Waals surface area contributed by atoms with Gasteiger partial charge in [0.15, 0.2) is 0 Å². The fraction of sp³-hybridized carbons (Fsp3) is 0.421. The molecule has 0 N–H and O–H groups in total. The molecule has 7 nitrogen and oxygen atoms in total. The second-order valence-electron chi connectivity index (χ2n) is 6.29. The number of hydroxylamine groups is 2. The van der Waals surface area contributed by atoms with Gasteiger partial charge < -0.3 is 9.80 Å². The van der Waals surface area contributed by atoms with Crippen molar-refractivity contribution in [2.45, 2.75) is 12.8 Å². The third-order valence-electron chi connectivity index (χ3n) is 4.48. The van der Waals surface area contributed by atoms with Crippen molar-refractivity contribution in [3.63, 3.8) is 0 Å². The molecule has 1 fully saturated rings. The minimum Gasteiger partial charge on any atom is -0.340 e. The van der Waals surface area contributed by atoms with E-state index in [1.807, 2.05) is 0 Å². The van der Waals surface area contributed by atoms with Crippen molar-refractivity contribution < 1.29 is 19.2 Å². The Hall–Kier alpha value is -2.09. The SMILES string of the molecule is CON(C)C(=O)CCN1CCN(C(=O)/C=C/c2ccc(Cl)c(Cl)c2)CCC1=O. The molecule has 152 valence electrons. The van der Waals surface area contributed by atoms with E-state index >= 15 is 0 Å². The van der Waals surface area contributed by atoms with Gasteiger partial charge in [-0.25, -0.2) is 5.06 Å². The zero-order chi connectivity index (χ0) is 20.7. The van der Waals surface area contributed by atoms with Crippen LogP contribution in [0.3, 0.4) is 0 Å². The first-order valence-corrected chi connectivity index (χ1v) is 9.58. The van der Waals surface area contributed by atoms with E-state index in [-0.39, 0.29) is 30.6 Å². The second-order valence-corrected chi connectivity index (χ2v) is 7.10. The van der Waals surface area contributed by atoms with Crippen LogP contribution in [-0.4, -0.2) is 72.9 Å². The molecule has 0 radical (unpaired) electrons. The Labute approximate surface area is 174 Å². The van der Waals surface area contributed by atoms with Crippen molar-refractivity contribution in [2.24, 2.45) is 0 Å². The highest BCUT2D eigenvalue weighted by molar-refractivity contribution is 6.42. The van der Waals surface area contributed by atoms with Crippen LogP contribution in [0.15, 0.2) is 24.3 Å². The quantitative estimate of drug-likeness (QED) is 0.516. The number of amides is 3. The standard InChI is InChI=1S/C19H23Cl2N3O4/c1-22(28-2)17(25)7-9-24-12-11-23(10-8-19(24)27)18(26)6-4-14-3-5-15(20)16(21)13-14/h3-6,13H,7-12H2,1-2H3/b6-4+. The van der Waals surface area contributed by atoms with E-state index in [9.17, 15) is 14.4 Å². The maximum Gasteiger partial charge on any atom is 0.247 e. The molecule has 9 heteroatoms. The highest BCUT2D eigenvalue weighted by Gasteiger charge is 2.23. The normalized spacial score (nSPS) is 15.1. The average Bonchev–Trinajstić information content (AvgIpc) is 2.87. The molecule has 1 aromatic rings. The zero-order valence-electron chi connectivity index (χ0n) is 15.9. The predicted octanol–water partition coefficient (Wildman–Crippen LogP) is 2.48. The number of rotatable bonds is 6. The molecule has 0 aliphatic carbocycles. The summed E-state index contributed by atoms with van der Waals surface area (Å²) in [5.74, 6) is -0.468. The Morgan fingerprint density at radius 3 is 2.64 bits per heavy atom. The smallest absolute Gasteiger partial charge is 0.247 e. The predicted molar refractivity (Wildman–Crippen MR) is 108 cm³/mol. The number of carbonyl (C=O) groups excluding carboxylic acids is 3. The Bertz CT molecular complexity index is 770. The molecule has 0 spiro atoms. The topological polar surface area (TPSA) is 70.2 Å². The van der Waals surface area contributed by atoms with Gasteiger partial charge in [-0.05, 0) is 23.8 Å². The molecule has 0 atom stereocenters. The molecule has 28 heavy (non-hydrogen) atoms. The number of carbonyl (C=O) groups is 3. The van der Waals surface area contributed by atoms with Crippen LogP contribution in [0.5, 0.6) is 0 Å². The first kappa shape index (κ1) is 22.2. The molecule has 1 saturated heterocycles. The van der Waals surface area contributed by atoms with Gasteiger partial charge in [0.2, 0.25) is 17.7 Å². The van der Waals surface area contributed by atoms with E-state index in [1.54, 1.807) is 34.1 Å². The molecular formula is C19H23Cl2N3O4. The lowest BCUT2D eigenvalue weighted by molar-refractivity contribution is -0.169. The van der Waals surface area contributed by atoms with Crippen LogP contribution >= 0.6 is 23.2 Å². The molecule has 0 unspecified atom stereocenters. The van der Waals surface area contributed by atoms with Crippen LogP contribution in [0.25, 0.3) is 6.08 Å². The Morgan fingerprint density at radius 1 is 1.21 bits per heavy atom. The highest BCUT2D eigenvalue weighted by atomic mass is 35.5. The molecule has 1 aromatic carbocycles. The number of benzene rings is 1. The van der Waals surface area contributed by atoms with Crippen molar-refractivity contribution in [1.82, 2.24) is 14.9 Å². The molecule has 0 saturated carbocycles. The minimum absolute atomic E-state index is 0.0726. The van der Waals surface area contributed by atoms with E-state index in [0.717, 1.165) is 10.6 Å². The summed E-state index contributed by atoms with van der Waals surface area (Å²) in [5.41, 5.74) is 0.760. The van der Waals surface area contributed by atoms with Crippen molar-refractivity contribution in [3.8, 4) is 0 Å². The summed E-state index contributed by atoms with van der Waals surface area (Å²) in [4.78, 5) is 44.6. The number of hydrogen-bond acceptors (Lipinski definition) is 4. The molecule has 2 rings (SSSR count). The second kappa shape index (κ2) is 10.5. The van der Waals surface area contributed by atoms with Gasteiger partial charge in [0.25, 0.3) is 0 Å². The van der Waals surface area contributed by atoms with Crippen molar-refractivity contribution in [2.75, 3.05) is 40.3 Å². The lowest BCUT2D eigenvalue weighted by Gasteiger charge is -2.22. The van der Waals surface area contributed by atoms with Gasteiger partial charge in [0.1, 0.15) is 0 Å². The molecule has 0 aromatic heterocycles. The average molecular weight is 428 g/mol. The summed E-state index contributed by atoms with van der Waals surface area (Å²) >= 11 is 11.9. The first-order valence-electron chi connectivity index (χ1n) is 8.82. The van der Waals surface area contributed by atoms with Gasteiger partial charge in [-0.15, -0.1) is 0 Å². The maximum atomic E-state index is 12.5. The molecular weight excluding hydrogens is 405 g/mol. The van der Waals surface area contributed by atoms with Crippen LogP contribution in [0, 0.1) is 0 Å². The molecule has 1 aliphatic heterocycles. The molecule has 0 bridgehead atoms. The first-order chi connectivity index (χ1) is 13.3. The van der Waals surface area contributed by atoms with Crippen molar-refractivity contribution in [3.05, 3.63) is 39.9 Å². The number of nitrogens with zero attached hydrogens (tertiary/aromatic N) is 3. The molecule has 1 heterocycles. The van der Waals surface area contributed by atoms with Crippen LogP contribution in [0.2, 0.25) is 10.0 Å². The van der Waals surface area contributed by atoms with Gasteiger partial charge in [0.05, 0.1) is 17.2 Å². The maximum absolute atomic E-state index is 12.5. The van der Waals surface area contributed by atoms with E-state index < -0.39 is 0 Å². The van der Waals surface area contributed by atoms with Gasteiger partial charge >= 0.3 is 0 Å². The third-order valence-corrected chi connectivity index (χ3v) is 5.22. The fourth-order valence-corrected chi connectivity index (χ4v) is 3.01. The Morgan fingerprint density at radius 2 is 1.96 bits per heavy atom. The lowest BCUT2D eigenvalue weighted by atomic mass is 10.2. The number of hydrogen-bond donors (Lipinski definition) is 0. The van der Waals surface area contributed by atoms with E-state index in [4.69, 9.17) is 28.0 Å². The van der Waals surface area contributed by atoms with E-state index in [2.05, 4.69) is 0 Å².